The van der Waals surface area contributed by atoms with E-state index in [1.807, 2.05) is 30.3 Å². The van der Waals surface area contributed by atoms with E-state index >= 15 is 0 Å². The molecule has 12 heavy (non-hydrogen) atoms. The van der Waals surface area contributed by atoms with Gasteiger partial charge >= 0.3 is 0 Å². The minimum atomic E-state index is 0. The third-order valence-corrected chi connectivity index (χ3v) is 1.55. The Labute approximate surface area is 101 Å². The van der Waals surface area contributed by atoms with E-state index in [0.717, 1.165) is 5.75 Å². The van der Waals surface area contributed by atoms with E-state index in [1.165, 1.54) is 5.56 Å². The Morgan fingerprint density at radius 2 is 1.92 bits per heavy atom. The Morgan fingerprint density at radius 1 is 1.17 bits per heavy atom. The summed E-state index contributed by atoms with van der Waals surface area (Å²) in [5, 5.41) is 0. The summed E-state index contributed by atoms with van der Waals surface area (Å²) in [6, 6.07) is 8.03. The van der Waals surface area contributed by atoms with Crippen molar-refractivity contribution in [3.63, 3.8) is 0 Å². The van der Waals surface area contributed by atoms with Crippen molar-refractivity contribution in [2.24, 2.45) is 0 Å². The van der Waals surface area contributed by atoms with Gasteiger partial charge in [-0.1, -0.05) is 24.3 Å². The van der Waals surface area contributed by atoms with E-state index in [-0.39, 0.29) is 42.8 Å². The van der Waals surface area contributed by atoms with Gasteiger partial charge in [0, 0.05) is 48.3 Å². The minimum absolute atomic E-state index is 0. The Morgan fingerprint density at radius 3 is 2.67 bits per heavy atom. The van der Waals surface area contributed by atoms with E-state index in [4.69, 9.17) is 4.74 Å². The number of ether oxygens (including phenoxy) is 1. The van der Waals surface area contributed by atoms with Crippen molar-refractivity contribution in [1.29, 1.82) is 0 Å². The molecule has 1 aromatic rings. The van der Waals surface area contributed by atoms with Crippen LogP contribution in [0.1, 0.15) is 5.56 Å². The molecule has 1 aliphatic rings. The van der Waals surface area contributed by atoms with Gasteiger partial charge in [0.1, 0.15) is 12.4 Å². The fraction of sp³-hybridized carbons (Fsp3) is 0.111. The first-order valence-electron chi connectivity index (χ1n) is 3.35. The normalized spacial score (nSPS) is 11.7. The molecular formula is C9H8MoOTi. The molecule has 0 saturated carbocycles. The van der Waals surface area contributed by atoms with Crippen LogP contribution in [0.3, 0.4) is 0 Å². The van der Waals surface area contributed by atoms with Crippen molar-refractivity contribution >= 4 is 6.08 Å². The Kier molecular flexibility index (Phi) is 5.83. The first-order valence-corrected chi connectivity index (χ1v) is 3.35. The molecule has 0 bridgehead atoms. The van der Waals surface area contributed by atoms with Crippen molar-refractivity contribution in [3.05, 3.63) is 35.9 Å². The van der Waals surface area contributed by atoms with Gasteiger partial charge in [-0.15, -0.1) is 0 Å². The maximum Gasteiger partial charge on any atom is 0.126 e. The van der Waals surface area contributed by atoms with Crippen LogP contribution in [0, 0.1) is 0 Å². The first-order chi connectivity index (χ1) is 4.97. The third-order valence-electron chi connectivity index (χ3n) is 1.55. The van der Waals surface area contributed by atoms with Gasteiger partial charge in [0.15, 0.2) is 0 Å². The molecule has 0 spiro atoms. The second kappa shape index (κ2) is 5.75. The molecule has 0 N–H and O–H groups in total. The summed E-state index contributed by atoms with van der Waals surface area (Å²) in [5.41, 5.74) is 1.17. The number of benzene rings is 1. The molecule has 0 saturated heterocycles. The molecule has 0 fully saturated rings. The summed E-state index contributed by atoms with van der Waals surface area (Å²) in [7, 11) is 0. The number of fused-ring (bicyclic) bond motifs is 1. The largest absolute Gasteiger partial charge is 0.489 e. The maximum absolute atomic E-state index is 5.34. The van der Waals surface area contributed by atoms with Gasteiger partial charge in [0.25, 0.3) is 0 Å². The van der Waals surface area contributed by atoms with Crippen LogP contribution in [-0.4, -0.2) is 6.61 Å². The van der Waals surface area contributed by atoms with Crippen LogP contribution in [0.2, 0.25) is 0 Å². The molecule has 1 heterocycles. The van der Waals surface area contributed by atoms with Crippen molar-refractivity contribution in [2.75, 3.05) is 6.61 Å². The smallest absolute Gasteiger partial charge is 0.126 e. The summed E-state index contributed by atoms with van der Waals surface area (Å²) >= 11 is 0. The van der Waals surface area contributed by atoms with E-state index < -0.39 is 0 Å². The van der Waals surface area contributed by atoms with Gasteiger partial charge in [-0.25, -0.2) is 0 Å². The molecule has 0 aliphatic carbocycles. The van der Waals surface area contributed by atoms with Gasteiger partial charge in [0.05, 0.1) is 0 Å². The Bertz CT molecular complexity index is 273. The second-order valence-electron chi connectivity index (χ2n) is 2.25. The molecule has 1 aliphatic heterocycles. The van der Waals surface area contributed by atoms with Crippen LogP contribution in [0.25, 0.3) is 6.08 Å². The van der Waals surface area contributed by atoms with Gasteiger partial charge in [-0.2, -0.15) is 0 Å². The van der Waals surface area contributed by atoms with E-state index in [9.17, 15) is 0 Å². The maximum atomic E-state index is 5.34. The van der Waals surface area contributed by atoms with Crippen LogP contribution in [-0.2, 0) is 42.8 Å². The quantitative estimate of drug-likeness (QED) is 0.659. The van der Waals surface area contributed by atoms with Crippen LogP contribution in [0.15, 0.2) is 30.3 Å². The number of para-hydroxylation sites is 1. The fourth-order valence-electron chi connectivity index (χ4n) is 1.06. The molecule has 3 heteroatoms. The van der Waals surface area contributed by atoms with Crippen molar-refractivity contribution in [1.82, 2.24) is 0 Å². The van der Waals surface area contributed by atoms with Crippen molar-refractivity contribution in [3.8, 4) is 5.75 Å². The average Bonchev–Trinajstić information content (AvgIpc) is 2.05. The second-order valence-corrected chi connectivity index (χ2v) is 2.25. The summed E-state index contributed by atoms with van der Waals surface area (Å²) in [6.07, 6.45) is 4.10. The summed E-state index contributed by atoms with van der Waals surface area (Å²) in [6.45, 7) is 0.705. The topological polar surface area (TPSA) is 9.23 Å². The number of hydrogen-bond acceptors (Lipinski definition) is 1. The predicted octanol–water partition coefficient (Wildman–Crippen LogP) is 2.09. The van der Waals surface area contributed by atoms with E-state index in [1.54, 1.807) is 0 Å². The zero-order valence-corrected chi connectivity index (χ0v) is 10.1. The standard InChI is InChI=1S/C9H8O.Mo.Ti/c1-2-6-9-8(4-1)5-3-7-10-9;;/h1-6H,7H2;;. The zero-order valence-electron chi connectivity index (χ0n) is 6.49. The molecule has 2 rings (SSSR count). The summed E-state index contributed by atoms with van der Waals surface area (Å²) in [4.78, 5) is 0. The fourth-order valence-corrected chi connectivity index (χ4v) is 1.06. The molecule has 0 radical (unpaired) electrons. The van der Waals surface area contributed by atoms with Crippen LogP contribution < -0.4 is 4.74 Å². The molecule has 0 aromatic heterocycles. The average molecular weight is 276 g/mol. The van der Waals surface area contributed by atoms with Gasteiger partial charge in [-0.3, -0.25) is 0 Å². The van der Waals surface area contributed by atoms with Crippen LogP contribution in [0.4, 0.5) is 0 Å². The van der Waals surface area contributed by atoms with Crippen LogP contribution in [0.5, 0.6) is 5.75 Å². The summed E-state index contributed by atoms with van der Waals surface area (Å²) < 4.78 is 5.34. The van der Waals surface area contributed by atoms with E-state index in [0.29, 0.717) is 6.61 Å². The van der Waals surface area contributed by atoms with Crippen molar-refractivity contribution < 1.29 is 47.5 Å². The minimum Gasteiger partial charge on any atom is -0.489 e. The number of rotatable bonds is 0. The van der Waals surface area contributed by atoms with Gasteiger partial charge < -0.3 is 4.74 Å². The Hall–Kier alpha value is 0.163. The van der Waals surface area contributed by atoms with Gasteiger partial charge in [-0.05, 0) is 12.1 Å². The SMILES string of the molecule is C1=Cc2ccccc2OC1.[Mo].[Ti]. The van der Waals surface area contributed by atoms with E-state index in [2.05, 4.69) is 6.08 Å². The third kappa shape index (κ3) is 2.59. The van der Waals surface area contributed by atoms with Crippen molar-refractivity contribution in [2.45, 2.75) is 0 Å². The van der Waals surface area contributed by atoms with Crippen LogP contribution >= 0.6 is 0 Å². The zero-order chi connectivity index (χ0) is 6.81. The molecule has 1 aromatic carbocycles. The Balaban J connectivity index is 0.000000605. The monoisotopic (exact) mass is 278 g/mol. The molecule has 0 atom stereocenters. The number of hydrogen-bond donors (Lipinski definition) is 0. The molecule has 0 unspecified atom stereocenters. The summed E-state index contributed by atoms with van der Waals surface area (Å²) in [5.74, 6) is 0.991. The molecule has 0 amide bonds. The molecule has 60 valence electrons. The first kappa shape index (κ1) is 12.2. The van der Waals surface area contributed by atoms with Gasteiger partial charge in [0.2, 0.25) is 0 Å². The predicted molar refractivity (Wildman–Crippen MR) is 41.0 cm³/mol. The molecule has 1 nitrogen and oxygen atoms in total. The molecular weight excluding hydrogens is 268 g/mol.